The molecular formula is C25H23N3O2S. The Morgan fingerprint density at radius 2 is 1.90 bits per heavy atom. The first-order chi connectivity index (χ1) is 15.1. The number of hydrogen-bond donors (Lipinski definition) is 1. The van der Waals surface area contributed by atoms with Gasteiger partial charge in [-0.2, -0.15) is 0 Å². The lowest BCUT2D eigenvalue weighted by Crippen LogP contribution is -2.12. The van der Waals surface area contributed by atoms with Crippen molar-refractivity contribution in [1.29, 1.82) is 0 Å². The monoisotopic (exact) mass is 429 g/mol. The van der Waals surface area contributed by atoms with Crippen molar-refractivity contribution in [2.75, 3.05) is 11.9 Å². The van der Waals surface area contributed by atoms with E-state index < -0.39 is 0 Å². The number of hydrogen-bond acceptors (Lipinski definition) is 5. The largest absolute Gasteiger partial charge is 0.493 e. The summed E-state index contributed by atoms with van der Waals surface area (Å²) in [6, 6.07) is 18.8. The van der Waals surface area contributed by atoms with Gasteiger partial charge >= 0.3 is 0 Å². The van der Waals surface area contributed by atoms with Gasteiger partial charge in [-0.05, 0) is 48.4 Å². The lowest BCUT2D eigenvalue weighted by Gasteiger charge is -2.10. The van der Waals surface area contributed by atoms with E-state index in [2.05, 4.69) is 24.1 Å². The minimum atomic E-state index is -0.179. The maximum atomic E-state index is 12.8. The average Bonchev–Trinajstić information content (AvgIpc) is 3.29. The maximum absolute atomic E-state index is 12.8. The molecule has 0 atom stereocenters. The van der Waals surface area contributed by atoms with Crippen LogP contribution in [-0.2, 0) is 0 Å². The first-order valence-electron chi connectivity index (χ1n) is 10.1. The van der Waals surface area contributed by atoms with Crippen LogP contribution in [0.3, 0.4) is 0 Å². The molecule has 4 aromatic rings. The molecule has 31 heavy (non-hydrogen) atoms. The van der Waals surface area contributed by atoms with Crippen LogP contribution in [0.4, 0.5) is 5.69 Å². The van der Waals surface area contributed by atoms with Gasteiger partial charge in [0, 0.05) is 40.2 Å². The van der Waals surface area contributed by atoms with Crippen LogP contribution in [0.5, 0.6) is 5.75 Å². The fourth-order valence-electron chi connectivity index (χ4n) is 2.98. The predicted octanol–water partition coefficient (Wildman–Crippen LogP) is 6.16. The van der Waals surface area contributed by atoms with Crippen molar-refractivity contribution >= 4 is 22.9 Å². The number of aromatic nitrogens is 2. The standard InChI is InChI=1S/C25H23N3O2S/c1-17(2)15-30-22-10-4-7-19(13-22)24(29)27-21-9-3-6-18(12-21)23-16-31-25(28-23)20-8-5-11-26-14-20/h3-14,16-17H,15H2,1-2H3,(H,27,29). The number of ether oxygens (including phenoxy) is 1. The zero-order chi connectivity index (χ0) is 21.6. The van der Waals surface area contributed by atoms with Crippen LogP contribution >= 0.6 is 11.3 Å². The molecule has 5 nitrogen and oxygen atoms in total. The van der Waals surface area contributed by atoms with Crippen molar-refractivity contribution in [2.24, 2.45) is 5.92 Å². The van der Waals surface area contributed by atoms with Crippen LogP contribution in [0, 0.1) is 5.92 Å². The summed E-state index contributed by atoms with van der Waals surface area (Å²) in [4.78, 5) is 21.6. The molecule has 0 unspecified atom stereocenters. The van der Waals surface area contributed by atoms with Gasteiger partial charge in [-0.3, -0.25) is 9.78 Å². The molecule has 2 heterocycles. The van der Waals surface area contributed by atoms with Gasteiger partial charge in [0.25, 0.3) is 5.91 Å². The highest BCUT2D eigenvalue weighted by Crippen LogP contribution is 2.29. The first-order valence-corrected chi connectivity index (χ1v) is 11.0. The van der Waals surface area contributed by atoms with Crippen LogP contribution in [0.1, 0.15) is 24.2 Å². The first kappa shape index (κ1) is 20.8. The highest BCUT2D eigenvalue weighted by molar-refractivity contribution is 7.13. The second kappa shape index (κ2) is 9.53. The van der Waals surface area contributed by atoms with Gasteiger partial charge in [-0.25, -0.2) is 4.98 Å². The molecule has 1 amide bonds. The van der Waals surface area contributed by atoms with E-state index in [0.717, 1.165) is 21.8 Å². The topological polar surface area (TPSA) is 64.1 Å². The third kappa shape index (κ3) is 5.35. The van der Waals surface area contributed by atoms with Crippen LogP contribution in [0.15, 0.2) is 78.4 Å². The van der Waals surface area contributed by atoms with Crippen molar-refractivity contribution in [3.63, 3.8) is 0 Å². The molecule has 0 fully saturated rings. The Bertz CT molecular complexity index is 1170. The number of nitrogens with zero attached hydrogens (tertiary/aromatic N) is 2. The molecule has 0 saturated heterocycles. The van der Waals surface area contributed by atoms with Gasteiger partial charge < -0.3 is 10.1 Å². The van der Waals surface area contributed by atoms with Gasteiger partial charge in [-0.15, -0.1) is 11.3 Å². The highest BCUT2D eigenvalue weighted by Gasteiger charge is 2.11. The van der Waals surface area contributed by atoms with Crippen molar-refractivity contribution in [3.05, 3.63) is 84.0 Å². The molecular weight excluding hydrogens is 406 g/mol. The van der Waals surface area contributed by atoms with E-state index in [1.165, 1.54) is 0 Å². The number of amides is 1. The van der Waals surface area contributed by atoms with Gasteiger partial charge in [0.1, 0.15) is 10.8 Å². The van der Waals surface area contributed by atoms with Crippen molar-refractivity contribution in [3.8, 4) is 27.6 Å². The summed E-state index contributed by atoms with van der Waals surface area (Å²) in [5.74, 6) is 0.937. The van der Waals surface area contributed by atoms with Crippen molar-refractivity contribution in [1.82, 2.24) is 9.97 Å². The summed E-state index contributed by atoms with van der Waals surface area (Å²) in [5, 5.41) is 5.90. The summed E-state index contributed by atoms with van der Waals surface area (Å²) in [7, 11) is 0. The normalized spacial score (nSPS) is 10.8. The van der Waals surface area contributed by atoms with E-state index in [-0.39, 0.29) is 5.91 Å². The van der Waals surface area contributed by atoms with Crippen LogP contribution in [-0.4, -0.2) is 22.5 Å². The minimum absolute atomic E-state index is 0.179. The Morgan fingerprint density at radius 3 is 2.71 bits per heavy atom. The maximum Gasteiger partial charge on any atom is 0.255 e. The van der Waals surface area contributed by atoms with E-state index in [4.69, 9.17) is 9.72 Å². The van der Waals surface area contributed by atoms with Crippen LogP contribution in [0.25, 0.3) is 21.8 Å². The third-order valence-electron chi connectivity index (χ3n) is 4.51. The number of benzene rings is 2. The Kier molecular flexibility index (Phi) is 6.38. The van der Waals surface area contributed by atoms with Gasteiger partial charge in [0.05, 0.1) is 12.3 Å². The second-order valence-electron chi connectivity index (χ2n) is 7.55. The summed E-state index contributed by atoms with van der Waals surface area (Å²) < 4.78 is 5.73. The second-order valence-corrected chi connectivity index (χ2v) is 8.41. The Labute approximate surface area is 185 Å². The molecule has 0 spiro atoms. The number of carbonyl (C=O) groups excluding carboxylic acids is 1. The van der Waals surface area contributed by atoms with E-state index in [1.807, 2.05) is 53.9 Å². The zero-order valence-electron chi connectivity index (χ0n) is 17.4. The molecule has 0 bridgehead atoms. The summed E-state index contributed by atoms with van der Waals surface area (Å²) in [6.45, 7) is 4.79. The van der Waals surface area contributed by atoms with E-state index >= 15 is 0 Å². The molecule has 0 aliphatic rings. The third-order valence-corrected chi connectivity index (χ3v) is 5.40. The van der Waals surface area contributed by atoms with E-state index in [0.29, 0.717) is 29.5 Å². The number of thiazole rings is 1. The fourth-order valence-corrected chi connectivity index (χ4v) is 3.80. The number of rotatable bonds is 7. The highest BCUT2D eigenvalue weighted by atomic mass is 32.1. The molecule has 2 aromatic carbocycles. The lowest BCUT2D eigenvalue weighted by atomic mass is 10.1. The molecule has 4 rings (SSSR count). The smallest absolute Gasteiger partial charge is 0.255 e. The van der Waals surface area contributed by atoms with Gasteiger partial charge in [0.15, 0.2) is 0 Å². The minimum Gasteiger partial charge on any atom is -0.493 e. The Morgan fingerprint density at radius 1 is 1.06 bits per heavy atom. The quantitative estimate of drug-likeness (QED) is 0.382. The van der Waals surface area contributed by atoms with E-state index in [1.54, 1.807) is 35.9 Å². The molecule has 2 aromatic heterocycles. The predicted molar refractivity (Wildman–Crippen MR) is 126 cm³/mol. The van der Waals surface area contributed by atoms with Crippen molar-refractivity contribution in [2.45, 2.75) is 13.8 Å². The number of carbonyl (C=O) groups is 1. The molecule has 0 aliphatic heterocycles. The summed E-state index contributed by atoms with van der Waals surface area (Å²) in [5.41, 5.74) is 4.07. The fraction of sp³-hybridized carbons (Fsp3) is 0.160. The van der Waals surface area contributed by atoms with Crippen LogP contribution < -0.4 is 10.1 Å². The number of pyridine rings is 1. The SMILES string of the molecule is CC(C)COc1cccc(C(=O)Nc2cccc(-c3csc(-c4cccnc4)n3)c2)c1. The van der Waals surface area contributed by atoms with Crippen LogP contribution in [0.2, 0.25) is 0 Å². The molecule has 0 aliphatic carbocycles. The molecule has 6 heteroatoms. The number of nitrogens with one attached hydrogen (secondary N) is 1. The number of anilines is 1. The van der Waals surface area contributed by atoms with Gasteiger partial charge in [0.2, 0.25) is 0 Å². The van der Waals surface area contributed by atoms with Gasteiger partial charge in [-0.1, -0.05) is 32.0 Å². The Hall–Kier alpha value is -3.51. The average molecular weight is 430 g/mol. The summed E-state index contributed by atoms with van der Waals surface area (Å²) in [6.07, 6.45) is 3.55. The lowest BCUT2D eigenvalue weighted by molar-refractivity contribution is 0.102. The summed E-state index contributed by atoms with van der Waals surface area (Å²) >= 11 is 1.57. The molecule has 1 N–H and O–H groups in total. The molecule has 0 radical (unpaired) electrons. The van der Waals surface area contributed by atoms with E-state index in [9.17, 15) is 4.79 Å². The molecule has 0 saturated carbocycles. The van der Waals surface area contributed by atoms with Crippen molar-refractivity contribution < 1.29 is 9.53 Å². The zero-order valence-corrected chi connectivity index (χ0v) is 18.2. The molecule has 156 valence electrons. The Balaban J connectivity index is 1.49.